The molecule has 0 heteroatoms. The van der Waals surface area contributed by atoms with Gasteiger partial charge in [-0.25, -0.2) is 0 Å². The third kappa shape index (κ3) is 3.40. The SMILES string of the molecule is Cc1ccccc1-c1c(C)ccc2cc(-c3ccc(-c4ccccc4)c4ccccc34)ccc12. The summed E-state index contributed by atoms with van der Waals surface area (Å²) < 4.78 is 0. The summed E-state index contributed by atoms with van der Waals surface area (Å²) in [4.78, 5) is 0. The van der Waals surface area contributed by atoms with Crippen LogP contribution in [0, 0.1) is 13.8 Å². The van der Waals surface area contributed by atoms with Crippen LogP contribution in [-0.2, 0) is 0 Å². The summed E-state index contributed by atoms with van der Waals surface area (Å²) in [6.07, 6.45) is 0. The van der Waals surface area contributed by atoms with Gasteiger partial charge in [0.05, 0.1) is 0 Å². The average molecular weight is 435 g/mol. The molecule has 0 aromatic heterocycles. The van der Waals surface area contributed by atoms with Crippen molar-refractivity contribution in [3.63, 3.8) is 0 Å². The second kappa shape index (κ2) is 8.32. The summed E-state index contributed by atoms with van der Waals surface area (Å²) in [6, 6.07) is 44.1. The maximum atomic E-state index is 2.35. The minimum Gasteiger partial charge on any atom is -0.0622 e. The Morgan fingerprint density at radius 1 is 0.382 bits per heavy atom. The summed E-state index contributed by atoms with van der Waals surface area (Å²) in [5.41, 5.74) is 10.3. The van der Waals surface area contributed by atoms with E-state index in [0.29, 0.717) is 0 Å². The number of hydrogen-bond donors (Lipinski definition) is 0. The molecule has 0 fully saturated rings. The Hall–Kier alpha value is -4.16. The van der Waals surface area contributed by atoms with E-state index in [-0.39, 0.29) is 0 Å². The highest BCUT2D eigenvalue weighted by atomic mass is 14.2. The highest BCUT2D eigenvalue weighted by Gasteiger charge is 2.13. The Labute approximate surface area is 201 Å². The third-order valence-electron chi connectivity index (χ3n) is 6.96. The minimum absolute atomic E-state index is 1.25. The molecule has 6 aromatic rings. The number of benzene rings is 6. The van der Waals surface area contributed by atoms with E-state index in [0.717, 1.165) is 0 Å². The molecule has 162 valence electrons. The number of aryl methyl sites for hydroxylation is 2. The van der Waals surface area contributed by atoms with Crippen molar-refractivity contribution in [3.8, 4) is 33.4 Å². The second-order valence-corrected chi connectivity index (χ2v) is 9.08. The van der Waals surface area contributed by atoms with Gasteiger partial charge in [-0.2, -0.15) is 0 Å². The summed E-state index contributed by atoms with van der Waals surface area (Å²) in [5, 5.41) is 5.16. The lowest BCUT2D eigenvalue weighted by Crippen LogP contribution is -1.90. The van der Waals surface area contributed by atoms with Gasteiger partial charge in [-0.1, -0.05) is 115 Å². The quantitative estimate of drug-likeness (QED) is 0.260. The van der Waals surface area contributed by atoms with Crippen molar-refractivity contribution in [2.75, 3.05) is 0 Å². The predicted octanol–water partition coefficient (Wildman–Crippen LogP) is 9.61. The summed E-state index contributed by atoms with van der Waals surface area (Å²) >= 11 is 0. The minimum atomic E-state index is 1.25. The molecule has 0 amide bonds. The first-order valence-corrected chi connectivity index (χ1v) is 11.9. The van der Waals surface area contributed by atoms with Crippen molar-refractivity contribution < 1.29 is 0 Å². The predicted molar refractivity (Wildman–Crippen MR) is 147 cm³/mol. The van der Waals surface area contributed by atoms with Gasteiger partial charge >= 0.3 is 0 Å². The molecule has 0 saturated carbocycles. The molecule has 0 saturated heterocycles. The van der Waals surface area contributed by atoms with Crippen molar-refractivity contribution in [1.82, 2.24) is 0 Å². The molecule has 0 radical (unpaired) electrons. The standard InChI is InChI=1S/C34H26/c1-23-10-6-7-13-28(23)34-24(2)16-17-27-22-26(18-19-31(27)34)30-21-20-29(25-11-4-3-5-12-25)32-14-8-9-15-33(30)32/h3-22H,1-2H3. The zero-order valence-corrected chi connectivity index (χ0v) is 19.5. The van der Waals surface area contributed by atoms with Crippen LogP contribution in [0.1, 0.15) is 11.1 Å². The molecular weight excluding hydrogens is 408 g/mol. The van der Waals surface area contributed by atoms with Crippen molar-refractivity contribution in [1.29, 1.82) is 0 Å². The van der Waals surface area contributed by atoms with Gasteiger partial charge < -0.3 is 0 Å². The first-order chi connectivity index (χ1) is 16.7. The van der Waals surface area contributed by atoms with Crippen LogP contribution < -0.4 is 0 Å². The maximum Gasteiger partial charge on any atom is -0.00735 e. The monoisotopic (exact) mass is 434 g/mol. The lowest BCUT2D eigenvalue weighted by Gasteiger charge is -2.16. The smallest absolute Gasteiger partial charge is 0.00735 e. The summed E-state index contributed by atoms with van der Waals surface area (Å²) in [7, 11) is 0. The van der Waals surface area contributed by atoms with Gasteiger partial charge in [0.1, 0.15) is 0 Å². The van der Waals surface area contributed by atoms with E-state index in [1.807, 2.05) is 0 Å². The van der Waals surface area contributed by atoms with Gasteiger partial charge in [0.25, 0.3) is 0 Å². The highest BCUT2D eigenvalue weighted by molar-refractivity contribution is 6.07. The normalized spacial score (nSPS) is 11.2. The van der Waals surface area contributed by atoms with E-state index in [1.165, 1.54) is 66.1 Å². The van der Waals surface area contributed by atoms with Crippen molar-refractivity contribution in [2.24, 2.45) is 0 Å². The van der Waals surface area contributed by atoms with E-state index >= 15 is 0 Å². The number of fused-ring (bicyclic) bond motifs is 2. The molecule has 0 aliphatic heterocycles. The van der Waals surface area contributed by atoms with Crippen LogP contribution in [0.25, 0.3) is 54.9 Å². The third-order valence-corrected chi connectivity index (χ3v) is 6.96. The van der Waals surface area contributed by atoms with Gasteiger partial charge in [-0.15, -0.1) is 0 Å². The molecule has 0 N–H and O–H groups in total. The van der Waals surface area contributed by atoms with E-state index < -0.39 is 0 Å². The molecule has 0 unspecified atom stereocenters. The Kier molecular flexibility index (Phi) is 5.00. The maximum absolute atomic E-state index is 2.35. The van der Waals surface area contributed by atoms with E-state index in [1.54, 1.807) is 0 Å². The Morgan fingerprint density at radius 2 is 1.03 bits per heavy atom. The van der Waals surface area contributed by atoms with Crippen molar-refractivity contribution in [3.05, 3.63) is 132 Å². The fourth-order valence-electron chi connectivity index (χ4n) is 5.24. The van der Waals surface area contributed by atoms with Crippen molar-refractivity contribution in [2.45, 2.75) is 13.8 Å². The summed E-state index contributed by atoms with van der Waals surface area (Å²) in [6.45, 7) is 4.41. The van der Waals surface area contributed by atoms with E-state index in [2.05, 4.69) is 135 Å². The van der Waals surface area contributed by atoms with Gasteiger partial charge in [0.2, 0.25) is 0 Å². The van der Waals surface area contributed by atoms with Gasteiger partial charge in [0, 0.05) is 0 Å². The average Bonchev–Trinajstić information content (AvgIpc) is 2.89. The van der Waals surface area contributed by atoms with Crippen LogP contribution in [0.3, 0.4) is 0 Å². The molecule has 34 heavy (non-hydrogen) atoms. The molecule has 6 aromatic carbocycles. The van der Waals surface area contributed by atoms with Crippen LogP contribution in [0.2, 0.25) is 0 Å². The second-order valence-electron chi connectivity index (χ2n) is 9.08. The molecule has 0 aliphatic carbocycles. The molecule has 0 heterocycles. The van der Waals surface area contributed by atoms with E-state index in [4.69, 9.17) is 0 Å². The fourth-order valence-corrected chi connectivity index (χ4v) is 5.24. The van der Waals surface area contributed by atoms with Crippen LogP contribution >= 0.6 is 0 Å². The molecule has 0 atom stereocenters. The molecule has 0 bridgehead atoms. The number of rotatable bonds is 3. The van der Waals surface area contributed by atoms with Gasteiger partial charge in [-0.3, -0.25) is 0 Å². The van der Waals surface area contributed by atoms with E-state index in [9.17, 15) is 0 Å². The summed E-state index contributed by atoms with van der Waals surface area (Å²) in [5.74, 6) is 0. The molecule has 0 spiro atoms. The zero-order valence-electron chi connectivity index (χ0n) is 19.5. The zero-order chi connectivity index (χ0) is 23.1. The first kappa shape index (κ1) is 20.4. The lowest BCUT2D eigenvalue weighted by molar-refractivity contribution is 1.43. The molecular formula is C34H26. The largest absolute Gasteiger partial charge is 0.0622 e. The molecule has 0 nitrogen and oxygen atoms in total. The molecule has 6 rings (SSSR count). The van der Waals surface area contributed by atoms with Crippen LogP contribution in [0.4, 0.5) is 0 Å². The van der Waals surface area contributed by atoms with Crippen LogP contribution in [0.15, 0.2) is 121 Å². The van der Waals surface area contributed by atoms with Crippen molar-refractivity contribution >= 4 is 21.5 Å². The fraction of sp³-hybridized carbons (Fsp3) is 0.0588. The lowest BCUT2D eigenvalue weighted by atomic mass is 9.88. The Balaban J connectivity index is 1.55. The topological polar surface area (TPSA) is 0 Å². The van der Waals surface area contributed by atoms with Crippen LogP contribution in [0.5, 0.6) is 0 Å². The van der Waals surface area contributed by atoms with Crippen LogP contribution in [-0.4, -0.2) is 0 Å². The van der Waals surface area contributed by atoms with Gasteiger partial charge in [0.15, 0.2) is 0 Å². The first-order valence-electron chi connectivity index (χ1n) is 11.9. The molecule has 0 aliphatic rings. The Bertz CT molecular complexity index is 1660. The highest BCUT2D eigenvalue weighted by Crippen LogP contribution is 2.39. The Morgan fingerprint density at radius 3 is 1.76 bits per heavy atom. The van der Waals surface area contributed by atoms with Gasteiger partial charge in [-0.05, 0) is 86.0 Å². The number of hydrogen-bond acceptors (Lipinski definition) is 0.